The van der Waals surface area contributed by atoms with E-state index in [2.05, 4.69) is 15.3 Å². The van der Waals surface area contributed by atoms with Gasteiger partial charge in [0.25, 0.3) is 0 Å². The summed E-state index contributed by atoms with van der Waals surface area (Å²) in [5.74, 6) is -0.312. The van der Waals surface area contributed by atoms with Crippen LogP contribution in [0.5, 0.6) is 0 Å². The smallest absolute Gasteiger partial charge is 0.249 e. The highest BCUT2D eigenvalue weighted by Gasteiger charge is 2.19. The summed E-state index contributed by atoms with van der Waals surface area (Å²) in [6.45, 7) is -0.302. The molecule has 2 aromatic heterocycles. The van der Waals surface area contributed by atoms with Crippen molar-refractivity contribution in [2.45, 2.75) is 6.04 Å². The highest BCUT2D eigenvalue weighted by molar-refractivity contribution is 5.95. The number of fused-ring (bicyclic) bond motifs is 1. The van der Waals surface area contributed by atoms with Gasteiger partial charge in [-0.05, 0) is 12.1 Å². The van der Waals surface area contributed by atoms with Crippen LogP contribution in [0, 0.1) is 0 Å². The second kappa shape index (κ2) is 5.72. The van der Waals surface area contributed by atoms with Crippen LogP contribution in [-0.4, -0.2) is 32.2 Å². The number of carbonyl (C=O) groups excluding carboxylic acids is 1. The van der Waals surface area contributed by atoms with Crippen molar-refractivity contribution in [1.29, 1.82) is 0 Å². The van der Waals surface area contributed by atoms with Crippen LogP contribution in [0.4, 0.5) is 5.69 Å². The molecule has 0 aliphatic rings. The zero-order valence-corrected chi connectivity index (χ0v) is 11.2. The number of benzene rings is 1. The summed E-state index contributed by atoms with van der Waals surface area (Å²) < 4.78 is 1.56. The molecule has 1 aromatic carbocycles. The lowest BCUT2D eigenvalue weighted by Crippen LogP contribution is -2.28. The summed E-state index contributed by atoms with van der Waals surface area (Å²) in [4.78, 5) is 20.4. The van der Waals surface area contributed by atoms with E-state index in [4.69, 9.17) is 0 Å². The van der Waals surface area contributed by atoms with E-state index >= 15 is 0 Å². The molecular weight excluding hydrogens is 268 g/mol. The van der Waals surface area contributed by atoms with Gasteiger partial charge in [0.15, 0.2) is 0 Å². The summed E-state index contributed by atoms with van der Waals surface area (Å²) in [7, 11) is 0. The van der Waals surface area contributed by atoms with Gasteiger partial charge in [-0.25, -0.2) is 4.98 Å². The van der Waals surface area contributed by atoms with Crippen LogP contribution >= 0.6 is 0 Å². The number of nitrogens with one attached hydrogen (secondary N) is 1. The molecule has 0 aliphatic heterocycles. The van der Waals surface area contributed by atoms with E-state index < -0.39 is 6.04 Å². The molecule has 0 radical (unpaired) electrons. The molecule has 1 amide bonds. The third-order valence-corrected chi connectivity index (χ3v) is 3.22. The lowest BCUT2D eigenvalue weighted by Gasteiger charge is -2.15. The van der Waals surface area contributed by atoms with Crippen LogP contribution in [0.3, 0.4) is 0 Å². The lowest BCUT2D eigenvalue weighted by molar-refractivity contribution is -0.120. The number of anilines is 1. The Kier molecular flexibility index (Phi) is 3.61. The number of aliphatic hydroxyl groups excluding tert-OH is 1. The molecule has 21 heavy (non-hydrogen) atoms. The second-order valence-electron chi connectivity index (χ2n) is 4.61. The number of amides is 1. The Balaban J connectivity index is 1.82. The maximum Gasteiger partial charge on any atom is 0.249 e. The minimum atomic E-state index is -0.709. The van der Waals surface area contributed by atoms with Gasteiger partial charge in [0.2, 0.25) is 5.91 Å². The summed E-state index contributed by atoms with van der Waals surface area (Å²) in [5.41, 5.74) is 1.46. The molecule has 0 saturated carbocycles. The number of para-hydroxylation sites is 1. The highest BCUT2D eigenvalue weighted by Crippen LogP contribution is 2.17. The molecule has 0 fully saturated rings. The molecule has 2 heterocycles. The van der Waals surface area contributed by atoms with Crippen molar-refractivity contribution < 1.29 is 9.90 Å². The predicted molar refractivity (Wildman–Crippen MR) is 78.7 cm³/mol. The zero-order valence-electron chi connectivity index (χ0n) is 11.2. The number of nitrogens with zero attached hydrogens (tertiary/aromatic N) is 3. The van der Waals surface area contributed by atoms with Crippen molar-refractivity contribution >= 4 is 22.5 Å². The van der Waals surface area contributed by atoms with E-state index in [-0.39, 0.29) is 12.5 Å². The van der Waals surface area contributed by atoms with E-state index in [1.54, 1.807) is 23.2 Å². The van der Waals surface area contributed by atoms with E-state index in [0.717, 1.165) is 10.9 Å². The molecule has 6 heteroatoms. The van der Waals surface area contributed by atoms with Crippen molar-refractivity contribution in [2.24, 2.45) is 0 Å². The Morgan fingerprint density at radius 2 is 2.24 bits per heavy atom. The van der Waals surface area contributed by atoms with Gasteiger partial charge in [0.1, 0.15) is 6.04 Å². The van der Waals surface area contributed by atoms with Crippen molar-refractivity contribution in [1.82, 2.24) is 14.5 Å². The van der Waals surface area contributed by atoms with Crippen LogP contribution < -0.4 is 5.32 Å². The van der Waals surface area contributed by atoms with E-state index in [0.29, 0.717) is 5.69 Å². The number of hydrogen-bond donors (Lipinski definition) is 2. The van der Waals surface area contributed by atoms with E-state index in [1.807, 2.05) is 30.3 Å². The highest BCUT2D eigenvalue weighted by atomic mass is 16.3. The van der Waals surface area contributed by atoms with Gasteiger partial charge in [-0.15, -0.1) is 0 Å². The molecule has 0 bridgehead atoms. The van der Waals surface area contributed by atoms with Crippen molar-refractivity contribution in [2.75, 3.05) is 11.9 Å². The first kappa shape index (κ1) is 13.3. The zero-order chi connectivity index (χ0) is 14.7. The largest absolute Gasteiger partial charge is 0.394 e. The summed E-state index contributed by atoms with van der Waals surface area (Å²) in [5, 5.41) is 13.1. The first-order valence-electron chi connectivity index (χ1n) is 6.52. The number of hydrogen-bond acceptors (Lipinski definition) is 4. The normalized spacial score (nSPS) is 12.2. The van der Waals surface area contributed by atoms with Crippen LogP contribution in [0.1, 0.15) is 6.04 Å². The average molecular weight is 282 g/mol. The van der Waals surface area contributed by atoms with Gasteiger partial charge >= 0.3 is 0 Å². The van der Waals surface area contributed by atoms with Crippen LogP contribution in [0.2, 0.25) is 0 Å². The fraction of sp³-hybridized carbons (Fsp3) is 0.133. The van der Waals surface area contributed by atoms with Gasteiger partial charge in [-0.1, -0.05) is 18.2 Å². The topological polar surface area (TPSA) is 80.0 Å². The molecule has 2 N–H and O–H groups in total. The number of imidazole rings is 1. The molecule has 0 aliphatic carbocycles. The predicted octanol–water partition coefficient (Wildman–Crippen LogP) is 1.60. The van der Waals surface area contributed by atoms with Gasteiger partial charge < -0.3 is 15.0 Å². The Hall–Kier alpha value is -2.73. The number of carbonyl (C=O) groups is 1. The third kappa shape index (κ3) is 2.75. The number of aromatic nitrogens is 3. The molecule has 3 aromatic rings. The second-order valence-corrected chi connectivity index (χ2v) is 4.61. The fourth-order valence-electron chi connectivity index (χ4n) is 2.13. The van der Waals surface area contributed by atoms with Crippen LogP contribution in [0.15, 0.2) is 55.2 Å². The van der Waals surface area contributed by atoms with Gasteiger partial charge in [-0.3, -0.25) is 9.78 Å². The minimum absolute atomic E-state index is 0.302. The average Bonchev–Trinajstić information content (AvgIpc) is 3.02. The van der Waals surface area contributed by atoms with Crippen molar-refractivity contribution in [3.63, 3.8) is 0 Å². The molecule has 1 atom stereocenters. The Morgan fingerprint density at radius 1 is 1.38 bits per heavy atom. The molecule has 106 valence electrons. The van der Waals surface area contributed by atoms with Gasteiger partial charge in [0.05, 0.1) is 30.3 Å². The summed E-state index contributed by atoms with van der Waals surface area (Å²) >= 11 is 0. The Morgan fingerprint density at radius 3 is 3.00 bits per heavy atom. The number of pyridine rings is 1. The fourth-order valence-corrected chi connectivity index (χ4v) is 2.13. The maximum absolute atomic E-state index is 12.2. The van der Waals surface area contributed by atoms with Crippen LogP contribution in [-0.2, 0) is 4.79 Å². The minimum Gasteiger partial charge on any atom is -0.394 e. The molecule has 0 unspecified atom stereocenters. The quantitative estimate of drug-likeness (QED) is 0.761. The summed E-state index contributed by atoms with van der Waals surface area (Å²) in [6.07, 6.45) is 6.30. The molecular formula is C15H14N4O2. The van der Waals surface area contributed by atoms with Crippen molar-refractivity contribution in [3.8, 4) is 0 Å². The van der Waals surface area contributed by atoms with Crippen LogP contribution in [0.25, 0.3) is 10.9 Å². The standard InChI is InChI=1S/C15H14N4O2/c20-9-14(19-6-5-16-10-19)15(21)18-12-7-11-3-1-2-4-13(11)17-8-12/h1-8,10,14,20H,9H2,(H,18,21)/t14-/m0/s1. The number of aliphatic hydroxyl groups is 1. The molecule has 3 rings (SSSR count). The first-order valence-corrected chi connectivity index (χ1v) is 6.52. The monoisotopic (exact) mass is 282 g/mol. The van der Waals surface area contributed by atoms with E-state index in [1.165, 1.54) is 6.33 Å². The van der Waals surface area contributed by atoms with Gasteiger partial charge in [-0.2, -0.15) is 0 Å². The Bertz CT molecular complexity index is 755. The molecule has 6 nitrogen and oxygen atoms in total. The Labute approximate surface area is 121 Å². The van der Waals surface area contributed by atoms with Gasteiger partial charge in [0, 0.05) is 17.8 Å². The maximum atomic E-state index is 12.2. The first-order chi connectivity index (χ1) is 10.3. The third-order valence-electron chi connectivity index (χ3n) is 3.22. The molecule has 0 saturated heterocycles. The number of rotatable bonds is 4. The summed E-state index contributed by atoms with van der Waals surface area (Å²) in [6, 6.07) is 8.80. The SMILES string of the molecule is O=C(Nc1cnc2ccccc2c1)[C@H](CO)n1ccnc1. The molecule has 0 spiro atoms. The lowest BCUT2D eigenvalue weighted by atomic mass is 10.2. The van der Waals surface area contributed by atoms with Crippen molar-refractivity contribution in [3.05, 3.63) is 55.2 Å². The van der Waals surface area contributed by atoms with E-state index in [9.17, 15) is 9.90 Å².